The van der Waals surface area contributed by atoms with Crippen molar-refractivity contribution in [2.75, 3.05) is 20.3 Å². The predicted octanol–water partition coefficient (Wildman–Crippen LogP) is 1.71. The van der Waals surface area contributed by atoms with E-state index >= 15 is 0 Å². The molecule has 1 amide bonds. The van der Waals surface area contributed by atoms with Gasteiger partial charge in [0.1, 0.15) is 5.56 Å². The zero-order valence-electron chi connectivity index (χ0n) is 12.3. The van der Waals surface area contributed by atoms with Gasteiger partial charge in [-0.05, 0) is 25.0 Å². The van der Waals surface area contributed by atoms with E-state index in [1.807, 2.05) is 0 Å². The van der Waals surface area contributed by atoms with Crippen molar-refractivity contribution in [2.24, 2.45) is 0 Å². The molecule has 0 aliphatic carbocycles. The lowest BCUT2D eigenvalue weighted by Gasteiger charge is -2.10. The van der Waals surface area contributed by atoms with E-state index in [-0.39, 0.29) is 11.7 Å². The van der Waals surface area contributed by atoms with Gasteiger partial charge in [0, 0.05) is 18.5 Å². The van der Waals surface area contributed by atoms with E-state index in [0.29, 0.717) is 23.3 Å². The van der Waals surface area contributed by atoms with Crippen LogP contribution in [0.15, 0.2) is 33.5 Å². The van der Waals surface area contributed by atoms with Crippen molar-refractivity contribution >= 4 is 16.9 Å². The molecule has 0 spiro atoms. The molecule has 2 heterocycles. The second-order valence-electron chi connectivity index (χ2n) is 5.17. The van der Waals surface area contributed by atoms with Crippen LogP contribution in [-0.2, 0) is 4.74 Å². The first-order valence-corrected chi connectivity index (χ1v) is 7.19. The lowest BCUT2D eigenvalue weighted by Crippen LogP contribution is -2.34. The minimum Gasteiger partial charge on any atom is -0.493 e. The highest BCUT2D eigenvalue weighted by Gasteiger charge is 2.19. The highest BCUT2D eigenvalue weighted by molar-refractivity contribution is 5.97. The first-order valence-electron chi connectivity index (χ1n) is 7.19. The van der Waals surface area contributed by atoms with E-state index in [1.54, 1.807) is 18.2 Å². The summed E-state index contributed by atoms with van der Waals surface area (Å²) in [4.78, 5) is 24.2. The number of hydrogen-bond acceptors (Lipinski definition) is 5. The van der Waals surface area contributed by atoms with Crippen LogP contribution in [0.1, 0.15) is 23.2 Å². The normalized spacial score (nSPS) is 17.6. The number of carbonyl (C=O) groups is 1. The van der Waals surface area contributed by atoms with Gasteiger partial charge in [-0.15, -0.1) is 0 Å². The number of carbonyl (C=O) groups excluding carboxylic acids is 1. The van der Waals surface area contributed by atoms with E-state index in [2.05, 4.69) is 5.32 Å². The number of nitrogens with one attached hydrogen (secondary N) is 1. The van der Waals surface area contributed by atoms with E-state index in [0.717, 1.165) is 19.4 Å². The van der Waals surface area contributed by atoms with Crippen LogP contribution in [0.5, 0.6) is 5.75 Å². The fourth-order valence-corrected chi connectivity index (χ4v) is 2.54. The Kier molecular flexibility index (Phi) is 4.11. The standard InChI is InChI=1S/C16H17NO5/c1-20-13-6-2-4-10-8-12(16(19)22-14(10)13)15(18)17-9-11-5-3-7-21-11/h2,4,6,8,11H,3,5,7,9H2,1H3,(H,17,18)/t11-/m1/s1. The van der Waals surface area contributed by atoms with Gasteiger partial charge in [-0.25, -0.2) is 4.79 Å². The van der Waals surface area contributed by atoms with Gasteiger partial charge in [0.25, 0.3) is 5.91 Å². The maximum Gasteiger partial charge on any atom is 0.349 e. The van der Waals surface area contributed by atoms with Gasteiger partial charge in [-0.3, -0.25) is 4.79 Å². The molecule has 116 valence electrons. The molecule has 0 saturated carbocycles. The summed E-state index contributed by atoms with van der Waals surface area (Å²) in [6.07, 6.45) is 1.94. The fourth-order valence-electron chi connectivity index (χ4n) is 2.54. The molecule has 22 heavy (non-hydrogen) atoms. The highest BCUT2D eigenvalue weighted by Crippen LogP contribution is 2.24. The molecule has 1 atom stereocenters. The molecule has 0 bridgehead atoms. The van der Waals surface area contributed by atoms with Crippen LogP contribution in [0.25, 0.3) is 11.0 Å². The predicted molar refractivity (Wildman–Crippen MR) is 80.3 cm³/mol. The zero-order valence-corrected chi connectivity index (χ0v) is 12.3. The summed E-state index contributed by atoms with van der Waals surface area (Å²) < 4.78 is 15.8. The van der Waals surface area contributed by atoms with Gasteiger partial charge >= 0.3 is 5.63 Å². The number of methoxy groups -OCH3 is 1. The summed E-state index contributed by atoms with van der Waals surface area (Å²) in [5.41, 5.74) is -0.355. The number of ether oxygens (including phenoxy) is 2. The van der Waals surface area contributed by atoms with Crippen molar-refractivity contribution in [1.82, 2.24) is 5.32 Å². The number of benzene rings is 1. The first-order chi connectivity index (χ1) is 10.7. The molecule has 1 saturated heterocycles. The highest BCUT2D eigenvalue weighted by atomic mass is 16.5. The molecule has 0 radical (unpaired) electrons. The van der Waals surface area contributed by atoms with Crippen molar-refractivity contribution in [2.45, 2.75) is 18.9 Å². The maximum atomic E-state index is 12.2. The number of amides is 1. The van der Waals surface area contributed by atoms with Gasteiger partial charge in [-0.2, -0.15) is 0 Å². The average molecular weight is 303 g/mol. The Morgan fingerprint density at radius 3 is 3.05 bits per heavy atom. The average Bonchev–Trinajstić information content (AvgIpc) is 3.05. The summed E-state index contributed by atoms with van der Waals surface area (Å²) in [6.45, 7) is 1.12. The van der Waals surface area contributed by atoms with Gasteiger partial charge in [0.2, 0.25) is 0 Å². The van der Waals surface area contributed by atoms with Crippen LogP contribution in [0.2, 0.25) is 0 Å². The van der Waals surface area contributed by atoms with Crippen molar-refractivity contribution in [3.63, 3.8) is 0 Å². The molecule has 2 aromatic rings. The number of fused-ring (bicyclic) bond motifs is 1. The van der Waals surface area contributed by atoms with Crippen molar-refractivity contribution in [1.29, 1.82) is 0 Å². The van der Waals surface area contributed by atoms with Crippen LogP contribution >= 0.6 is 0 Å². The second kappa shape index (κ2) is 6.19. The Labute approximate surface area is 127 Å². The van der Waals surface area contributed by atoms with Crippen LogP contribution in [0.3, 0.4) is 0 Å². The van der Waals surface area contributed by atoms with E-state index in [4.69, 9.17) is 13.9 Å². The van der Waals surface area contributed by atoms with E-state index in [1.165, 1.54) is 13.2 Å². The minimum absolute atomic E-state index is 0.0150. The van der Waals surface area contributed by atoms with Crippen LogP contribution in [-0.4, -0.2) is 32.3 Å². The molecule has 6 nitrogen and oxygen atoms in total. The van der Waals surface area contributed by atoms with Crippen molar-refractivity contribution in [3.8, 4) is 5.75 Å². The monoisotopic (exact) mass is 303 g/mol. The Balaban J connectivity index is 1.85. The molecule has 1 aromatic carbocycles. The quantitative estimate of drug-likeness (QED) is 0.870. The Hall–Kier alpha value is -2.34. The summed E-state index contributed by atoms with van der Waals surface area (Å²) in [5, 5.41) is 3.36. The Bertz CT molecular complexity index is 746. The summed E-state index contributed by atoms with van der Waals surface area (Å²) in [7, 11) is 1.50. The molecule has 1 aliphatic heterocycles. The lowest BCUT2D eigenvalue weighted by molar-refractivity contribution is 0.0855. The smallest absolute Gasteiger partial charge is 0.349 e. The Morgan fingerprint density at radius 2 is 2.32 bits per heavy atom. The van der Waals surface area contributed by atoms with E-state index < -0.39 is 11.5 Å². The first kappa shape index (κ1) is 14.6. The molecule has 1 aromatic heterocycles. The third-order valence-electron chi connectivity index (χ3n) is 3.70. The topological polar surface area (TPSA) is 77.8 Å². The van der Waals surface area contributed by atoms with Crippen molar-refractivity contribution < 1.29 is 18.7 Å². The number of para-hydroxylation sites is 1. The molecule has 6 heteroatoms. The third-order valence-corrected chi connectivity index (χ3v) is 3.70. The van der Waals surface area contributed by atoms with Crippen molar-refractivity contribution in [3.05, 3.63) is 40.2 Å². The third kappa shape index (κ3) is 2.82. The van der Waals surface area contributed by atoms with Crippen LogP contribution in [0.4, 0.5) is 0 Å². The number of rotatable bonds is 4. The summed E-state index contributed by atoms with van der Waals surface area (Å²) in [6, 6.07) is 6.75. The Morgan fingerprint density at radius 1 is 1.45 bits per heavy atom. The molecular formula is C16H17NO5. The van der Waals surface area contributed by atoms with Gasteiger partial charge in [-0.1, -0.05) is 12.1 Å². The molecule has 1 N–H and O–H groups in total. The SMILES string of the molecule is COc1cccc2cc(C(=O)NC[C@H]3CCCO3)c(=O)oc12. The molecule has 1 fully saturated rings. The minimum atomic E-state index is -0.679. The van der Waals surface area contributed by atoms with Crippen LogP contribution in [0, 0.1) is 0 Å². The lowest BCUT2D eigenvalue weighted by atomic mass is 10.1. The maximum absolute atomic E-state index is 12.2. The zero-order chi connectivity index (χ0) is 15.5. The second-order valence-corrected chi connectivity index (χ2v) is 5.17. The summed E-state index contributed by atoms with van der Waals surface area (Å²) in [5.74, 6) is 0.00915. The van der Waals surface area contributed by atoms with Crippen LogP contribution < -0.4 is 15.7 Å². The summed E-state index contributed by atoms with van der Waals surface area (Å²) >= 11 is 0. The van der Waals surface area contributed by atoms with Gasteiger partial charge in [0.05, 0.1) is 13.2 Å². The largest absolute Gasteiger partial charge is 0.493 e. The molecular weight excluding hydrogens is 286 g/mol. The van der Waals surface area contributed by atoms with Gasteiger partial charge in [0.15, 0.2) is 11.3 Å². The molecule has 3 rings (SSSR count). The molecule has 0 unspecified atom stereocenters. The number of hydrogen-bond donors (Lipinski definition) is 1. The van der Waals surface area contributed by atoms with Gasteiger partial charge < -0.3 is 19.2 Å². The van der Waals surface area contributed by atoms with E-state index in [9.17, 15) is 9.59 Å². The fraction of sp³-hybridized carbons (Fsp3) is 0.375. The molecule has 1 aliphatic rings.